The van der Waals surface area contributed by atoms with E-state index in [-0.39, 0.29) is 17.2 Å². The second-order valence-corrected chi connectivity index (χ2v) is 4.40. The first kappa shape index (κ1) is 16.0. The monoisotopic (exact) mass is 315 g/mol. The van der Waals surface area contributed by atoms with Crippen LogP contribution in [0.2, 0.25) is 0 Å². The summed E-state index contributed by atoms with van der Waals surface area (Å²) in [4.78, 5) is 21.8. The van der Waals surface area contributed by atoms with Gasteiger partial charge >= 0.3 is 5.69 Å². The summed E-state index contributed by atoms with van der Waals surface area (Å²) in [6.45, 7) is -0.414. The predicted octanol–water partition coefficient (Wildman–Crippen LogP) is 1.83. The molecular formula is C15H13N3O5. The van der Waals surface area contributed by atoms with Crippen LogP contribution in [0.1, 0.15) is 5.56 Å². The lowest BCUT2D eigenvalue weighted by Gasteiger charge is -2.05. The van der Waals surface area contributed by atoms with Crippen molar-refractivity contribution in [1.29, 1.82) is 0 Å². The fourth-order valence-electron chi connectivity index (χ4n) is 1.69. The van der Waals surface area contributed by atoms with E-state index >= 15 is 0 Å². The molecule has 2 aromatic rings. The molecule has 0 atom stereocenters. The highest BCUT2D eigenvalue weighted by molar-refractivity contribution is 5.83. The van der Waals surface area contributed by atoms with E-state index < -0.39 is 17.4 Å². The largest absolute Gasteiger partial charge is 0.508 e. The molecule has 8 nitrogen and oxygen atoms in total. The molecule has 0 spiro atoms. The summed E-state index contributed by atoms with van der Waals surface area (Å²) in [6, 6.07) is 12.1. The van der Waals surface area contributed by atoms with Crippen LogP contribution < -0.4 is 10.2 Å². The zero-order valence-electron chi connectivity index (χ0n) is 11.9. The van der Waals surface area contributed by atoms with Crippen LogP contribution >= 0.6 is 0 Å². The van der Waals surface area contributed by atoms with Gasteiger partial charge in [-0.25, -0.2) is 5.43 Å². The summed E-state index contributed by atoms with van der Waals surface area (Å²) in [7, 11) is 0. The van der Waals surface area contributed by atoms with Crippen molar-refractivity contribution < 1.29 is 19.6 Å². The molecule has 2 rings (SSSR count). The van der Waals surface area contributed by atoms with Crippen molar-refractivity contribution in [3.05, 3.63) is 64.2 Å². The van der Waals surface area contributed by atoms with Crippen LogP contribution in [0.25, 0.3) is 0 Å². The first-order chi connectivity index (χ1) is 11.1. The molecule has 23 heavy (non-hydrogen) atoms. The van der Waals surface area contributed by atoms with Crippen molar-refractivity contribution in [2.45, 2.75) is 0 Å². The van der Waals surface area contributed by atoms with Crippen LogP contribution in [0, 0.1) is 10.1 Å². The summed E-state index contributed by atoms with van der Waals surface area (Å²) < 4.78 is 5.11. The lowest BCUT2D eigenvalue weighted by atomic mass is 10.2. The Labute approximate surface area is 131 Å². The van der Waals surface area contributed by atoms with Gasteiger partial charge in [-0.05, 0) is 23.8 Å². The van der Waals surface area contributed by atoms with Gasteiger partial charge in [0, 0.05) is 6.07 Å². The Balaban J connectivity index is 1.87. The molecule has 2 N–H and O–H groups in total. The number of carbonyl (C=O) groups is 1. The van der Waals surface area contributed by atoms with Gasteiger partial charge in [-0.15, -0.1) is 0 Å². The zero-order chi connectivity index (χ0) is 16.7. The molecule has 0 aliphatic carbocycles. The number of nitro groups is 1. The number of hydrogen-bond donors (Lipinski definition) is 2. The van der Waals surface area contributed by atoms with E-state index in [4.69, 9.17) is 4.74 Å². The highest BCUT2D eigenvalue weighted by Gasteiger charge is 2.14. The molecule has 0 radical (unpaired) electrons. The van der Waals surface area contributed by atoms with E-state index in [1.54, 1.807) is 18.2 Å². The third-order valence-electron chi connectivity index (χ3n) is 2.69. The van der Waals surface area contributed by atoms with Crippen molar-refractivity contribution in [1.82, 2.24) is 5.43 Å². The van der Waals surface area contributed by atoms with Gasteiger partial charge in [0.2, 0.25) is 0 Å². The van der Waals surface area contributed by atoms with Crippen molar-refractivity contribution in [2.24, 2.45) is 5.10 Å². The van der Waals surface area contributed by atoms with Crippen molar-refractivity contribution in [2.75, 3.05) is 6.61 Å². The standard InChI is InChI=1S/C15H13N3O5/c19-12-5-3-4-11(8-12)9-16-17-15(20)10-23-14-7-2-1-6-13(14)18(21)22/h1-9,19H,10H2,(H,17,20)/b16-9-. The molecule has 0 bridgehead atoms. The normalized spacial score (nSPS) is 10.4. The molecule has 0 aromatic heterocycles. The third-order valence-corrected chi connectivity index (χ3v) is 2.69. The minimum absolute atomic E-state index is 0.00427. The Kier molecular flexibility index (Phi) is 5.24. The van der Waals surface area contributed by atoms with E-state index in [0.717, 1.165) is 0 Å². The van der Waals surface area contributed by atoms with Crippen LogP contribution in [0.3, 0.4) is 0 Å². The number of ether oxygens (including phenoxy) is 1. The van der Waals surface area contributed by atoms with Crippen LogP contribution in [0.15, 0.2) is 53.6 Å². The SMILES string of the molecule is O=C(COc1ccccc1[N+](=O)[O-])N/N=C\c1cccc(O)c1. The average Bonchev–Trinajstić information content (AvgIpc) is 2.53. The maximum absolute atomic E-state index is 11.6. The Morgan fingerprint density at radius 2 is 2.09 bits per heavy atom. The quantitative estimate of drug-likeness (QED) is 0.479. The summed E-state index contributed by atoms with van der Waals surface area (Å²) in [6.07, 6.45) is 1.35. The van der Waals surface area contributed by atoms with Gasteiger partial charge in [0.1, 0.15) is 5.75 Å². The Morgan fingerprint density at radius 3 is 2.83 bits per heavy atom. The van der Waals surface area contributed by atoms with Crippen molar-refractivity contribution in [3.63, 3.8) is 0 Å². The Hall–Kier alpha value is -3.42. The van der Waals surface area contributed by atoms with Gasteiger partial charge in [0.05, 0.1) is 11.1 Å². The number of phenols is 1. The molecular weight excluding hydrogens is 302 g/mol. The fourth-order valence-corrected chi connectivity index (χ4v) is 1.69. The summed E-state index contributed by atoms with van der Waals surface area (Å²) >= 11 is 0. The van der Waals surface area contributed by atoms with Gasteiger partial charge in [-0.2, -0.15) is 5.10 Å². The number of benzene rings is 2. The number of para-hydroxylation sites is 2. The molecule has 0 saturated carbocycles. The topological polar surface area (TPSA) is 114 Å². The summed E-state index contributed by atoms with van der Waals surface area (Å²) in [5.41, 5.74) is 2.61. The van der Waals surface area contributed by atoms with E-state index in [1.165, 1.54) is 36.5 Å². The summed E-state index contributed by atoms with van der Waals surface area (Å²) in [5, 5.41) is 23.8. The number of hydrazone groups is 1. The van der Waals surface area contributed by atoms with Gasteiger partial charge in [-0.1, -0.05) is 24.3 Å². The average molecular weight is 315 g/mol. The van der Waals surface area contributed by atoms with E-state index in [2.05, 4.69) is 10.5 Å². The zero-order valence-corrected chi connectivity index (χ0v) is 11.9. The van der Waals surface area contributed by atoms with Crippen LogP contribution in [-0.4, -0.2) is 28.8 Å². The molecule has 2 aromatic carbocycles. The molecule has 0 unspecified atom stereocenters. The number of hydrogen-bond acceptors (Lipinski definition) is 6. The molecule has 0 saturated heterocycles. The molecule has 0 aliphatic rings. The van der Waals surface area contributed by atoms with Crippen molar-refractivity contribution >= 4 is 17.8 Å². The fraction of sp³-hybridized carbons (Fsp3) is 0.0667. The van der Waals surface area contributed by atoms with Crippen LogP contribution in [0.4, 0.5) is 5.69 Å². The lowest BCUT2D eigenvalue weighted by molar-refractivity contribution is -0.385. The molecule has 1 amide bonds. The number of nitrogens with one attached hydrogen (secondary N) is 1. The lowest BCUT2D eigenvalue weighted by Crippen LogP contribution is -2.24. The number of phenolic OH excluding ortho intramolecular Hbond substituents is 1. The van der Waals surface area contributed by atoms with E-state index in [1.807, 2.05) is 0 Å². The molecule has 8 heteroatoms. The third kappa shape index (κ3) is 4.81. The maximum Gasteiger partial charge on any atom is 0.310 e. The molecule has 0 heterocycles. The predicted molar refractivity (Wildman–Crippen MR) is 82.4 cm³/mol. The number of rotatable bonds is 6. The minimum Gasteiger partial charge on any atom is -0.508 e. The van der Waals surface area contributed by atoms with Crippen molar-refractivity contribution in [3.8, 4) is 11.5 Å². The first-order valence-electron chi connectivity index (χ1n) is 6.53. The second kappa shape index (κ2) is 7.55. The number of amides is 1. The summed E-state index contributed by atoms with van der Waals surface area (Å²) in [5.74, 6) is -0.482. The molecule has 118 valence electrons. The smallest absolute Gasteiger partial charge is 0.310 e. The highest BCUT2D eigenvalue weighted by Crippen LogP contribution is 2.25. The van der Waals surface area contributed by atoms with Gasteiger partial charge in [0.15, 0.2) is 12.4 Å². The van der Waals surface area contributed by atoms with Gasteiger partial charge in [0.25, 0.3) is 5.91 Å². The highest BCUT2D eigenvalue weighted by atomic mass is 16.6. The minimum atomic E-state index is -0.590. The van der Waals surface area contributed by atoms with Gasteiger partial charge in [-0.3, -0.25) is 14.9 Å². The number of nitro benzene ring substituents is 1. The van der Waals surface area contributed by atoms with Crippen LogP contribution in [-0.2, 0) is 4.79 Å². The van der Waals surface area contributed by atoms with Gasteiger partial charge < -0.3 is 9.84 Å². The number of carbonyl (C=O) groups excluding carboxylic acids is 1. The van der Waals surface area contributed by atoms with E-state index in [9.17, 15) is 20.0 Å². The number of nitrogens with zero attached hydrogens (tertiary/aromatic N) is 2. The first-order valence-corrected chi connectivity index (χ1v) is 6.53. The maximum atomic E-state index is 11.6. The number of aromatic hydroxyl groups is 1. The second-order valence-electron chi connectivity index (χ2n) is 4.40. The Bertz CT molecular complexity index is 745. The molecule has 0 aliphatic heterocycles. The van der Waals surface area contributed by atoms with E-state index in [0.29, 0.717) is 5.56 Å². The Morgan fingerprint density at radius 1 is 1.30 bits per heavy atom. The van der Waals surface area contributed by atoms with Crippen LogP contribution in [0.5, 0.6) is 11.5 Å². The molecule has 0 fully saturated rings.